The fourth-order valence-corrected chi connectivity index (χ4v) is 4.81. The van der Waals surface area contributed by atoms with Crippen LogP contribution >= 0.6 is 23.2 Å². The van der Waals surface area contributed by atoms with Crippen LogP contribution in [0.2, 0.25) is 10.0 Å². The number of nitrogens with zero attached hydrogens (tertiary/aromatic N) is 1. The molecule has 1 aliphatic rings. The number of nitrogens with one attached hydrogen (secondary N) is 1. The molecule has 0 unspecified atom stereocenters. The summed E-state index contributed by atoms with van der Waals surface area (Å²) in [5, 5.41) is 3.18. The van der Waals surface area contributed by atoms with Gasteiger partial charge < -0.3 is 14.8 Å². The minimum absolute atomic E-state index is 0.0305. The van der Waals surface area contributed by atoms with Crippen molar-refractivity contribution < 1.29 is 27.5 Å². The van der Waals surface area contributed by atoms with Crippen molar-refractivity contribution in [2.75, 3.05) is 27.3 Å². The van der Waals surface area contributed by atoms with Gasteiger partial charge in [-0.2, -0.15) is 0 Å². The highest BCUT2D eigenvalue weighted by Gasteiger charge is 2.37. The molecule has 8 nitrogen and oxygen atoms in total. The molecule has 2 amide bonds. The van der Waals surface area contributed by atoms with Gasteiger partial charge in [0.05, 0.1) is 14.2 Å². The summed E-state index contributed by atoms with van der Waals surface area (Å²) < 4.78 is 37.5. The third kappa shape index (κ3) is 4.79. The predicted molar refractivity (Wildman–Crippen MR) is 116 cm³/mol. The van der Waals surface area contributed by atoms with E-state index in [9.17, 15) is 18.0 Å². The highest BCUT2D eigenvalue weighted by molar-refractivity contribution is 7.89. The summed E-state index contributed by atoms with van der Waals surface area (Å²) in [5.41, 5.74) is 0.485. The molecule has 0 spiro atoms. The summed E-state index contributed by atoms with van der Waals surface area (Å²) in [7, 11) is -1.71. The number of sulfonamides is 1. The Kier molecular flexibility index (Phi) is 6.78. The number of hydrogen-bond donors (Lipinski definition) is 1. The van der Waals surface area contributed by atoms with Crippen LogP contribution in [-0.4, -0.2) is 51.8 Å². The van der Waals surface area contributed by atoms with Gasteiger partial charge in [-0.3, -0.25) is 9.59 Å². The average Bonchev–Trinajstić information content (AvgIpc) is 2.87. The first kappa shape index (κ1) is 22.9. The van der Waals surface area contributed by atoms with Gasteiger partial charge in [-0.05, 0) is 36.4 Å². The Hall–Kier alpha value is -2.75. The standard InChI is InChI=1S/C20H18Cl2N2O6S/c1-29-16-5-3-14(21)8-12(16)7-13-10-23-19(25)11-24(20(13)26)31(27,28)18-6-4-15(22)9-17(18)30-2/h3-9H,10-11H2,1-2H3,(H,23,25). The second-order valence-corrected chi connectivity index (χ2v) is 9.15. The van der Waals surface area contributed by atoms with Crippen LogP contribution < -0.4 is 14.8 Å². The van der Waals surface area contributed by atoms with Crippen molar-refractivity contribution in [3.8, 4) is 11.5 Å². The van der Waals surface area contributed by atoms with Gasteiger partial charge in [-0.15, -0.1) is 0 Å². The number of hydrogen-bond acceptors (Lipinski definition) is 6. The fraction of sp³-hybridized carbons (Fsp3) is 0.200. The lowest BCUT2D eigenvalue weighted by Gasteiger charge is -2.21. The predicted octanol–water partition coefficient (Wildman–Crippen LogP) is 2.74. The van der Waals surface area contributed by atoms with Crippen LogP contribution in [0.25, 0.3) is 6.08 Å². The van der Waals surface area contributed by atoms with Gasteiger partial charge in [0, 0.05) is 33.8 Å². The van der Waals surface area contributed by atoms with E-state index in [0.717, 1.165) is 0 Å². The van der Waals surface area contributed by atoms with Gasteiger partial charge in [0.2, 0.25) is 5.91 Å². The molecule has 31 heavy (non-hydrogen) atoms. The largest absolute Gasteiger partial charge is 0.496 e. The SMILES string of the molecule is COc1ccc(Cl)cc1C=C1CNC(=O)CN(S(=O)(=O)c2ccc(Cl)cc2OC)C1=O. The Morgan fingerprint density at radius 3 is 2.32 bits per heavy atom. The van der Waals surface area contributed by atoms with Gasteiger partial charge in [-0.1, -0.05) is 23.2 Å². The van der Waals surface area contributed by atoms with Crippen molar-refractivity contribution in [1.29, 1.82) is 0 Å². The van der Waals surface area contributed by atoms with Gasteiger partial charge in [0.25, 0.3) is 15.9 Å². The van der Waals surface area contributed by atoms with E-state index in [4.69, 9.17) is 32.7 Å². The first-order valence-electron chi connectivity index (χ1n) is 8.88. The molecule has 0 aromatic heterocycles. The minimum atomic E-state index is -4.43. The molecule has 0 atom stereocenters. The summed E-state index contributed by atoms with van der Waals surface area (Å²) in [6.07, 6.45) is 1.43. The first-order valence-corrected chi connectivity index (χ1v) is 11.1. The Labute approximate surface area is 189 Å². The van der Waals surface area contributed by atoms with Crippen molar-refractivity contribution >= 4 is 51.1 Å². The summed E-state index contributed by atoms with van der Waals surface area (Å²) >= 11 is 12.0. The molecular formula is C20H18Cl2N2O6S. The van der Waals surface area contributed by atoms with Crippen LogP contribution in [0, 0.1) is 0 Å². The third-order valence-corrected chi connectivity index (χ3v) is 6.72. The molecule has 0 aliphatic carbocycles. The van der Waals surface area contributed by atoms with Gasteiger partial charge in [0.15, 0.2) is 0 Å². The van der Waals surface area contributed by atoms with Gasteiger partial charge in [0.1, 0.15) is 22.9 Å². The topological polar surface area (TPSA) is 102 Å². The normalized spacial score (nSPS) is 16.1. The smallest absolute Gasteiger partial charge is 0.270 e. The lowest BCUT2D eigenvalue weighted by atomic mass is 10.1. The quantitative estimate of drug-likeness (QED) is 0.654. The summed E-state index contributed by atoms with van der Waals surface area (Å²) in [5.74, 6) is -1.12. The van der Waals surface area contributed by atoms with Crippen LogP contribution in [0.15, 0.2) is 46.9 Å². The van der Waals surface area contributed by atoms with Crippen LogP contribution in [0.4, 0.5) is 0 Å². The van der Waals surface area contributed by atoms with Crippen LogP contribution in [-0.2, 0) is 19.6 Å². The lowest BCUT2D eigenvalue weighted by molar-refractivity contribution is -0.127. The molecule has 11 heteroatoms. The molecule has 0 bridgehead atoms. The van der Waals surface area contributed by atoms with Crippen LogP contribution in [0.5, 0.6) is 11.5 Å². The molecule has 1 heterocycles. The number of carbonyl (C=O) groups excluding carboxylic acids is 2. The van der Waals surface area contributed by atoms with E-state index in [1.165, 1.54) is 38.5 Å². The van der Waals surface area contributed by atoms with E-state index in [-0.39, 0.29) is 27.8 Å². The number of methoxy groups -OCH3 is 2. The molecule has 3 rings (SSSR count). The van der Waals surface area contributed by atoms with Crippen LogP contribution in [0.1, 0.15) is 5.56 Å². The molecule has 1 N–H and O–H groups in total. The number of halogens is 2. The molecule has 1 aliphatic heterocycles. The van der Waals surface area contributed by atoms with Crippen molar-refractivity contribution in [3.63, 3.8) is 0 Å². The van der Waals surface area contributed by atoms with E-state index in [2.05, 4.69) is 5.32 Å². The molecule has 0 saturated carbocycles. The van der Waals surface area contributed by atoms with E-state index in [1.807, 2.05) is 0 Å². The molecule has 164 valence electrons. The second kappa shape index (κ2) is 9.17. The number of benzene rings is 2. The monoisotopic (exact) mass is 484 g/mol. The minimum Gasteiger partial charge on any atom is -0.496 e. The summed E-state index contributed by atoms with van der Waals surface area (Å²) in [4.78, 5) is 25.1. The van der Waals surface area contributed by atoms with E-state index < -0.39 is 28.4 Å². The number of carbonyl (C=O) groups is 2. The molecule has 0 radical (unpaired) electrons. The zero-order chi connectivity index (χ0) is 22.8. The molecule has 2 aromatic rings. The van der Waals surface area contributed by atoms with Crippen molar-refractivity contribution in [1.82, 2.24) is 9.62 Å². The number of amides is 2. The first-order chi connectivity index (χ1) is 14.7. The van der Waals surface area contributed by atoms with E-state index in [1.54, 1.807) is 18.2 Å². The summed E-state index contributed by atoms with van der Waals surface area (Å²) in [6, 6.07) is 8.67. The highest BCUT2D eigenvalue weighted by atomic mass is 35.5. The van der Waals surface area contributed by atoms with Crippen molar-refractivity contribution in [2.45, 2.75) is 4.90 Å². The molecule has 1 fully saturated rings. The molecular weight excluding hydrogens is 467 g/mol. The Bertz CT molecular complexity index is 1180. The van der Waals surface area contributed by atoms with Crippen molar-refractivity contribution in [3.05, 3.63) is 57.6 Å². The Morgan fingerprint density at radius 1 is 1.00 bits per heavy atom. The third-order valence-electron chi connectivity index (χ3n) is 4.48. The average molecular weight is 485 g/mol. The zero-order valence-electron chi connectivity index (χ0n) is 16.5. The molecule has 2 aromatic carbocycles. The zero-order valence-corrected chi connectivity index (χ0v) is 18.8. The number of rotatable bonds is 5. The Balaban J connectivity index is 2.10. The maximum Gasteiger partial charge on any atom is 0.270 e. The molecule has 1 saturated heterocycles. The highest BCUT2D eigenvalue weighted by Crippen LogP contribution is 2.31. The van der Waals surface area contributed by atoms with Crippen molar-refractivity contribution in [2.24, 2.45) is 0 Å². The van der Waals surface area contributed by atoms with Gasteiger partial charge >= 0.3 is 0 Å². The summed E-state index contributed by atoms with van der Waals surface area (Å²) in [6.45, 7) is -0.853. The van der Waals surface area contributed by atoms with E-state index in [0.29, 0.717) is 20.6 Å². The fourth-order valence-electron chi connectivity index (χ4n) is 2.97. The Morgan fingerprint density at radius 2 is 1.65 bits per heavy atom. The number of ether oxygens (including phenoxy) is 2. The maximum atomic E-state index is 13.3. The maximum absolute atomic E-state index is 13.3. The van der Waals surface area contributed by atoms with Gasteiger partial charge in [-0.25, -0.2) is 12.7 Å². The van der Waals surface area contributed by atoms with Crippen LogP contribution in [0.3, 0.4) is 0 Å². The van der Waals surface area contributed by atoms with E-state index >= 15 is 0 Å². The lowest BCUT2D eigenvalue weighted by Crippen LogP contribution is -2.40. The second-order valence-electron chi connectivity index (χ2n) is 6.44.